The summed E-state index contributed by atoms with van der Waals surface area (Å²) >= 11 is 0. The van der Waals surface area contributed by atoms with Crippen LogP contribution in [0.5, 0.6) is 5.75 Å². The minimum Gasteiger partial charge on any atom is -0.496 e. The Kier molecular flexibility index (Phi) is 3.44. The van der Waals surface area contributed by atoms with Crippen molar-refractivity contribution in [2.75, 3.05) is 13.7 Å². The number of hydrogen-bond acceptors (Lipinski definition) is 3. The van der Waals surface area contributed by atoms with Gasteiger partial charge in [-0.05, 0) is 49.9 Å². The van der Waals surface area contributed by atoms with Crippen LogP contribution in [0, 0.1) is 19.3 Å². The SMILES string of the molecule is COc1ccc(C(=O)C2(CN)CCC2)c(C)c1C. The molecule has 0 atom stereocenters. The van der Waals surface area contributed by atoms with Crippen LogP contribution in [-0.4, -0.2) is 19.4 Å². The van der Waals surface area contributed by atoms with Gasteiger partial charge in [0.1, 0.15) is 5.75 Å². The number of Topliss-reactive ketones (excluding diaryl/α,β-unsaturated/α-hetero) is 1. The molecule has 3 heteroatoms. The zero-order valence-corrected chi connectivity index (χ0v) is 11.4. The second-order valence-electron chi connectivity index (χ2n) is 5.23. The summed E-state index contributed by atoms with van der Waals surface area (Å²) in [6.45, 7) is 4.42. The number of rotatable bonds is 4. The van der Waals surface area contributed by atoms with E-state index in [0.29, 0.717) is 6.54 Å². The van der Waals surface area contributed by atoms with Crippen LogP contribution in [0.15, 0.2) is 12.1 Å². The normalized spacial score (nSPS) is 17.1. The number of ether oxygens (including phenoxy) is 1. The van der Waals surface area contributed by atoms with Crippen LogP contribution in [0.2, 0.25) is 0 Å². The largest absolute Gasteiger partial charge is 0.496 e. The van der Waals surface area contributed by atoms with Gasteiger partial charge in [0.2, 0.25) is 0 Å². The third kappa shape index (κ3) is 1.83. The molecule has 0 saturated heterocycles. The third-order valence-electron chi connectivity index (χ3n) is 4.39. The predicted octanol–water partition coefficient (Wildman–Crippen LogP) is 2.62. The van der Waals surface area contributed by atoms with Crippen LogP contribution in [0.25, 0.3) is 0 Å². The monoisotopic (exact) mass is 247 g/mol. The topological polar surface area (TPSA) is 52.3 Å². The molecule has 0 spiro atoms. The quantitative estimate of drug-likeness (QED) is 0.832. The Hall–Kier alpha value is -1.35. The maximum Gasteiger partial charge on any atom is 0.170 e. The molecule has 98 valence electrons. The number of ketones is 1. The van der Waals surface area contributed by atoms with Gasteiger partial charge in [-0.1, -0.05) is 6.42 Å². The Morgan fingerprint density at radius 2 is 2.00 bits per heavy atom. The molecule has 2 rings (SSSR count). The van der Waals surface area contributed by atoms with Crippen molar-refractivity contribution >= 4 is 5.78 Å². The molecule has 1 fully saturated rings. The van der Waals surface area contributed by atoms with Crippen molar-refractivity contribution in [2.24, 2.45) is 11.1 Å². The van der Waals surface area contributed by atoms with E-state index in [1.54, 1.807) is 7.11 Å². The number of hydrogen-bond donors (Lipinski definition) is 1. The van der Waals surface area contributed by atoms with Crippen molar-refractivity contribution in [3.63, 3.8) is 0 Å². The molecule has 1 saturated carbocycles. The van der Waals surface area contributed by atoms with E-state index in [0.717, 1.165) is 41.7 Å². The second-order valence-corrected chi connectivity index (χ2v) is 5.23. The summed E-state index contributed by atoms with van der Waals surface area (Å²) in [5, 5.41) is 0. The molecule has 0 unspecified atom stereocenters. The molecular weight excluding hydrogens is 226 g/mol. The number of nitrogens with two attached hydrogens (primary N) is 1. The molecule has 1 aliphatic carbocycles. The zero-order valence-electron chi connectivity index (χ0n) is 11.4. The van der Waals surface area contributed by atoms with E-state index < -0.39 is 0 Å². The number of carbonyl (C=O) groups is 1. The van der Waals surface area contributed by atoms with Crippen LogP contribution < -0.4 is 10.5 Å². The van der Waals surface area contributed by atoms with E-state index in [1.165, 1.54) is 0 Å². The lowest BCUT2D eigenvalue weighted by molar-refractivity contribution is 0.0635. The summed E-state index contributed by atoms with van der Waals surface area (Å²) in [4.78, 5) is 12.6. The van der Waals surface area contributed by atoms with Gasteiger partial charge in [0, 0.05) is 17.5 Å². The Bertz CT molecular complexity index is 470. The molecule has 2 N–H and O–H groups in total. The first-order chi connectivity index (χ1) is 8.55. The average Bonchev–Trinajstić information content (AvgIpc) is 2.31. The van der Waals surface area contributed by atoms with Crippen LogP contribution >= 0.6 is 0 Å². The first-order valence-corrected chi connectivity index (χ1v) is 6.45. The molecule has 0 radical (unpaired) electrons. The highest BCUT2D eigenvalue weighted by atomic mass is 16.5. The first kappa shape index (κ1) is 13.1. The van der Waals surface area contributed by atoms with Crippen molar-refractivity contribution in [1.29, 1.82) is 0 Å². The zero-order chi connectivity index (χ0) is 13.3. The van der Waals surface area contributed by atoms with E-state index in [9.17, 15) is 4.79 Å². The molecule has 1 aromatic rings. The minimum absolute atomic E-state index is 0.208. The molecule has 0 heterocycles. The molecule has 0 amide bonds. The Morgan fingerprint density at radius 1 is 1.33 bits per heavy atom. The van der Waals surface area contributed by atoms with Gasteiger partial charge >= 0.3 is 0 Å². The van der Waals surface area contributed by atoms with Crippen molar-refractivity contribution in [3.8, 4) is 5.75 Å². The fourth-order valence-electron chi connectivity index (χ4n) is 2.68. The van der Waals surface area contributed by atoms with Crippen LogP contribution in [0.4, 0.5) is 0 Å². The Morgan fingerprint density at radius 3 is 2.44 bits per heavy atom. The Labute approximate surface area is 108 Å². The summed E-state index contributed by atoms with van der Waals surface area (Å²) < 4.78 is 5.28. The fraction of sp³-hybridized carbons (Fsp3) is 0.533. The van der Waals surface area contributed by atoms with Gasteiger partial charge in [-0.2, -0.15) is 0 Å². The highest BCUT2D eigenvalue weighted by Gasteiger charge is 2.43. The summed E-state index contributed by atoms with van der Waals surface area (Å²) in [6.07, 6.45) is 2.96. The number of benzene rings is 1. The average molecular weight is 247 g/mol. The van der Waals surface area contributed by atoms with Crippen molar-refractivity contribution in [3.05, 3.63) is 28.8 Å². The summed E-state index contributed by atoms with van der Waals surface area (Å²) in [5.41, 5.74) is 8.36. The van der Waals surface area contributed by atoms with Crippen LogP contribution in [0.1, 0.15) is 40.7 Å². The molecule has 0 bridgehead atoms. The maximum atomic E-state index is 12.6. The van der Waals surface area contributed by atoms with E-state index >= 15 is 0 Å². The summed E-state index contributed by atoms with van der Waals surface area (Å²) in [6, 6.07) is 3.75. The maximum absolute atomic E-state index is 12.6. The number of carbonyl (C=O) groups excluding carboxylic acids is 1. The van der Waals surface area contributed by atoms with Crippen LogP contribution in [0.3, 0.4) is 0 Å². The van der Waals surface area contributed by atoms with Crippen molar-refractivity contribution in [1.82, 2.24) is 0 Å². The molecule has 1 aliphatic rings. The standard InChI is InChI=1S/C15H21NO2/c1-10-11(2)13(18-3)6-5-12(10)14(17)15(9-16)7-4-8-15/h5-6H,4,7-9,16H2,1-3H3. The molecule has 18 heavy (non-hydrogen) atoms. The lowest BCUT2D eigenvalue weighted by Gasteiger charge is -2.39. The van der Waals surface area contributed by atoms with Gasteiger partial charge in [-0.15, -0.1) is 0 Å². The van der Waals surface area contributed by atoms with Gasteiger partial charge in [-0.3, -0.25) is 4.79 Å². The smallest absolute Gasteiger partial charge is 0.170 e. The lowest BCUT2D eigenvalue weighted by atomic mass is 9.64. The van der Waals surface area contributed by atoms with Crippen LogP contribution in [-0.2, 0) is 0 Å². The predicted molar refractivity (Wildman–Crippen MR) is 72.1 cm³/mol. The Balaban J connectivity index is 2.40. The van der Waals surface area contributed by atoms with Gasteiger partial charge in [0.15, 0.2) is 5.78 Å². The van der Waals surface area contributed by atoms with E-state index in [2.05, 4.69) is 0 Å². The fourth-order valence-corrected chi connectivity index (χ4v) is 2.68. The highest BCUT2D eigenvalue weighted by Crippen LogP contribution is 2.43. The van der Waals surface area contributed by atoms with Crippen molar-refractivity contribution < 1.29 is 9.53 Å². The highest BCUT2D eigenvalue weighted by molar-refractivity contribution is 6.02. The molecule has 3 nitrogen and oxygen atoms in total. The van der Waals surface area contributed by atoms with Gasteiger partial charge in [0.05, 0.1) is 7.11 Å². The molecular formula is C15H21NO2. The molecule has 0 aromatic heterocycles. The van der Waals surface area contributed by atoms with E-state index in [4.69, 9.17) is 10.5 Å². The summed E-state index contributed by atoms with van der Waals surface area (Å²) in [7, 11) is 1.65. The summed E-state index contributed by atoms with van der Waals surface area (Å²) in [5.74, 6) is 1.04. The second kappa shape index (κ2) is 4.73. The van der Waals surface area contributed by atoms with Gasteiger partial charge in [-0.25, -0.2) is 0 Å². The van der Waals surface area contributed by atoms with Crippen molar-refractivity contribution in [2.45, 2.75) is 33.1 Å². The van der Waals surface area contributed by atoms with E-state index in [1.807, 2.05) is 26.0 Å². The van der Waals surface area contributed by atoms with Gasteiger partial charge in [0.25, 0.3) is 0 Å². The number of methoxy groups -OCH3 is 1. The first-order valence-electron chi connectivity index (χ1n) is 6.45. The minimum atomic E-state index is -0.300. The molecule has 1 aromatic carbocycles. The molecule has 0 aliphatic heterocycles. The van der Waals surface area contributed by atoms with E-state index in [-0.39, 0.29) is 11.2 Å². The lowest BCUT2D eigenvalue weighted by Crippen LogP contribution is -2.44. The third-order valence-corrected chi connectivity index (χ3v) is 4.39. The van der Waals surface area contributed by atoms with Gasteiger partial charge < -0.3 is 10.5 Å².